The zero-order valence-electron chi connectivity index (χ0n) is 14.9. The first-order chi connectivity index (χ1) is 11.1. The van der Waals surface area contributed by atoms with Crippen LogP contribution in [0.15, 0.2) is 18.2 Å². The molecule has 24 heavy (non-hydrogen) atoms. The first kappa shape index (κ1) is 18.9. The highest BCUT2D eigenvalue weighted by Crippen LogP contribution is 2.24. The van der Waals surface area contributed by atoms with Crippen molar-refractivity contribution in [3.8, 4) is 0 Å². The molecule has 2 fully saturated rings. The number of nitrogens with zero attached hydrogens (tertiary/aromatic N) is 2. The molecule has 0 bridgehead atoms. The Balaban J connectivity index is 0.00000208. The van der Waals surface area contributed by atoms with Crippen LogP contribution in [0.5, 0.6) is 0 Å². The maximum absolute atomic E-state index is 12.4. The molecular weight excluding hydrogens is 322 g/mol. The van der Waals surface area contributed by atoms with Crippen LogP contribution in [-0.2, 0) is 0 Å². The van der Waals surface area contributed by atoms with E-state index in [9.17, 15) is 4.79 Å². The minimum atomic E-state index is 0. The van der Waals surface area contributed by atoms with Gasteiger partial charge in [0.2, 0.25) is 0 Å². The van der Waals surface area contributed by atoms with Crippen molar-refractivity contribution < 1.29 is 4.79 Å². The van der Waals surface area contributed by atoms with Gasteiger partial charge in [0, 0.05) is 37.9 Å². The Morgan fingerprint density at radius 3 is 2.38 bits per heavy atom. The molecule has 0 radical (unpaired) electrons. The molecule has 0 unspecified atom stereocenters. The highest BCUT2D eigenvalue weighted by Gasteiger charge is 2.24. The van der Waals surface area contributed by atoms with E-state index in [2.05, 4.69) is 42.3 Å². The number of amides is 2. The largest absolute Gasteiger partial charge is 0.368 e. The monoisotopic (exact) mass is 351 g/mol. The third-order valence-electron chi connectivity index (χ3n) is 5.42. The first-order valence-corrected chi connectivity index (χ1v) is 9.02. The maximum Gasteiger partial charge on any atom is 0.317 e. The fourth-order valence-corrected chi connectivity index (χ4v) is 3.74. The topological polar surface area (TPSA) is 35.6 Å². The molecule has 1 aromatic carbocycles. The molecule has 4 nitrogen and oxygen atoms in total. The SMILES string of the molecule is Cc1cccc(N2CCN(C(=O)NC3CCCCC3)CC2)c1C.Cl. The molecule has 5 heteroatoms. The number of nitrogens with one attached hydrogen (secondary N) is 1. The number of aryl methyl sites for hydroxylation is 1. The molecule has 1 N–H and O–H groups in total. The van der Waals surface area contributed by atoms with Gasteiger partial charge in [0.25, 0.3) is 0 Å². The average Bonchev–Trinajstić information content (AvgIpc) is 2.58. The van der Waals surface area contributed by atoms with Crippen LogP contribution >= 0.6 is 12.4 Å². The van der Waals surface area contributed by atoms with Crippen LogP contribution < -0.4 is 10.2 Å². The summed E-state index contributed by atoms with van der Waals surface area (Å²) in [6, 6.07) is 7.01. The van der Waals surface area contributed by atoms with Crippen molar-refractivity contribution >= 4 is 24.1 Å². The average molecular weight is 352 g/mol. The van der Waals surface area contributed by atoms with Crippen molar-refractivity contribution in [2.24, 2.45) is 0 Å². The second-order valence-electron chi connectivity index (χ2n) is 6.98. The quantitative estimate of drug-likeness (QED) is 0.877. The predicted molar refractivity (Wildman–Crippen MR) is 102 cm³/mol. The number of carbonyl (C=O) groups excluding carboxylic acids is 1. The normalized spacial score (nSPS) is 18.9. The standard InChI is InChI=1S/C19H29N3O.ClH/c1-15-7-6-10-18(16(15)2)21-11-13-22(14-12-21)19(23)20-17-8-4-3-5-9-17;/h6-7,10,17H,3-5,8-9,11-14H2,1-2H3,(H,20,23);1H. The van der Waals surface area contributed by atoms with Crippen molar-refractivity contribution in [3.05, 3.63) is 29.3 Å². The lowest BCUT2D eigenvalue weighted by atomic mass is 9.96. The van der Waals surface area contributed by atoms with Crippen LogP contribution in [0.3, 0.4) is 0 Å². The van der Waals surface area contributed by atoms with Crippen LogP contribution in [0, 0.1) is 13.8 Å². The summed E-state index contributed by atoms with van der Waals surface area (Å²) < 4.78 is 0. The lowest BCUT2D eigenvalue weighted by Gasteiger charge is -2.38. The predicted octanol–water partition coefficient (Wildman–Crippen LogP) is 3.89. The van der Waals surface area contributed by atoms with E-state index in [1.165, 1.54) is 36.1 Å². The molecule has 0 atom stereocenters. The van der Waals surface area contributed by atoms with E-state index in [4.69, 9.17) is 0 Å². The molecule has 1 heterocycles. The highest BCUT2D eigenvalue weighted by molar-refractivity contribution is 5.85. The number of anilines is 1. The van der Waals surface area contributed by atoms with E-state index in [0.717, 1.165) is 39.0 Å². The number of carbonyl (C=O) groups is 1. The Kier molecular flexibility index (Phi) is 6.79. The Morgan fingerprint density at radius 1 is 1.04 bits per heavy atom. The molecule has 1 aliphatic carbocycles. The molecule has 0 spiro atoms. The first-order valence-electron chi connectivity index (χ1n) is 9.02. The summed E-state index contributed by atoms with van der Waals surface area (Å²) in [5, 5.41) is 3.23. The summed E-state index contributed by atoms with van der Waals surface area (Å²) in [5.41, 5.74) is 4.00. The summed E-state index contributed by atoms with van der Waals surface area (Å²) in [6.45, 7) is 7.81. The second kappa shape index (κ2) is 8.61. The molecule has 2 aliphatic rings. The Morgan fingerprint density at radius 2 is 1.71 bits per heavy atom. The van der Waals surface area contributed by atoms with E-state index < -0.39 is 0 Å². The van der Waals surface area contributed by atoms with Crippen LogP contribution in [0.2, 0.25) is 0 Å². The highest BCUT2D eigenvalue weighted by atomic mass is 35.5. The summed E-state index contributed by atoms with van der Waals surface area (Å²) >= 11 is 0. The molecular formula is C19H30ClN3O. The lowest BCUT2D eigenvalue weighted by Crippen LogP contribution is -2.53. The third kappa shape index (κ3) is 4.35. The van der Waals surface area contributed by atoms with Gasteiger partial charge >= 0.3 is 6.03 Å². The van der Waals surface area contributed by atoms with Gasteiger partial charge in [-0.25, -0.2) is 4.79 Å². The Labute approximate surface area is 152 Å². The Bertz CT molecular complexity index is 550. The van der Waals surface area contributed by atoms with Crippen LogP contribution in [0.4, 0.5) is 10.5 Å². The van der Waals surface area contributed by atoms with Crippen molar-refractivity contribution in [2.75, 3.05) is 31.1 Å². The number of benzene rings is 1. The van der Waals surface area contributed by atoms with Gasteiger partial charge in [0.05, 0.1) is 0 Å². The fourth-order valence-electron chi connectivity index (χ4n) is 3.74. The van der Waals surface area contributed by atoms with E-state index in [-0.39, 0.29) is 18.4 Å². The van der Waals surface area contributed by atoms with Gasteiger partial charge in [-0.15, -0.1) is 12.4 Å². The number of urea groups is 1. The second-order valence-corrected chi connectivity index (χ2v) is 6.98. The van der Waals surface area contributed by atoms with Gasteiger partial charge in [0.15, 0.2) is 0 Å². The number of rotatable bonds is 2. The van der Waals surface area contributed by atoms with Gasteiger partial charge in [-0.05, 0) is 43.9 Å². The summed E-state index contributed by atoms with van der Waals surface area (Å²) in [4.78, 5) is 16.8. The van der Waals surface area contributed by atoms with E-state index in [1.54, 1.807) is 0 Å². The molecule has 3 rings (SSSR count). The van der Waals surface area contributed by atoms with Gasteiger partial charge < -0.3 is 15.1 Å². The summed E-state index contributed by atoms with van der Waals surface area (Å²) in [6.07, 6.45) is 6.12. The van der Waals surface area contributed by atoms with Crippen LogP contribution in [0.25, 0.3) is 0 Å². The van der Waals surface area contributed by atoms with E-state index in [1.807, 2.05) is 4.90 Å². The van der Waals surface area contributed by atoms with Gasteiger partial charge in [-0.1, -0.05) is 31.4 Å². The molecule has 134 valence electrons. The summed E-state index contributed by atoms with van der Waals surface area (Å²) in [5.74, 6) is 0. The number of piperazine rings is 1. The van der Waals surface area contributed by atoms with E-state index >= 15 is 0 Å². The van der Waals surface area contributed by atoms with Crippen molar-refractivity contribution in [3.63, 3.8) is 0 Å². The Hall–Kier alpha value is -1.42. The minimum absolute atomic E-state index is 0. The van der Waals surface area contributed by atoms with Crippen molar-refractivity contribution in [1.82, 2.24) is 10.2 Å². The number of hydrogen-bond acceptors (Lipinski definition) is 2. The number of halogens is 1. The van der Waals surface area contributed by atoms with Crippen LogP contribution in [-0.4, -0.2) is 43.2 Å². The molecule has 2 amide bonds. The molecule has 1 saturated heterocycles. The smallest absolute Gasteiger partial charge is 0.317 e. The van der Waals surface area contributed by atoms with Gasteiger partial charge in [0.1, 0.15) is 0 Å². The third-order valence-corrected chi connectivity index (χ3v) is 5.42. The van der Waals surface area contributed by atoms with Gasteiger partial charge in [-0.3, -0.25) is 0 Å². The molecule has 1 aliphatic heterocycles. The molecule has 1 aromatic rings. The minimum Gasteiger partial charge on any atom is -0.368 e. The maximum atomic E-state index is 12.4. The lowest BCUT2D eigenvalue weighted by molar-refractivity contribution is 0.186. The number of hydrogen-bond donors (Lipinski definition) is 1. The molecule has 1 saturated carbocycles. The zero-order valence-corrected chi connectivity index (χ0v) is 15.7. The summed E-state index contributed by atoms with van der Waals surface area (Å²) in [7, 11) is 0. The molecule has 0 aromatic heterocycles. The van der Waals surface area contributed by atoms with Crippen molar-refractivity contribution in [2.45, 2.75) is 52.0 Å². The van der Waals surface area contributed by atoms with E-state index in [0.29, 0.717) is 6.04 Å². The van der Waals surface area contributed by atoms with Crippen LogP contribution in [0.1, 0.15) is 43.2 Å². The van der Waals surface area contributed by atoms with Crippen molar-refractivity contribution in [1.29, 1.82) is 0 Å². The zero-order chi connectivity index (χ0) is 16.2. The fraction of sp³-hybridized carbons (Fsp3) is 0.632. The van der Waals surface area contributed by atoms with Gasteiger partial charge in [-0.2, -0.15) is 0 Å².